The Balaban J connectivity index is 1.85. The molecule has 110 valence electrons. The average molecular weight is 289 g/mol. The molecule has 2 rings (SSSR count). The fraction of sp³-hybridized carbons (Fsp3) is 0.231. The zero-order valence-corrected chi connectivity index (χ0v) is 11.4. The van der Waals surface area contributed by atoms with Crippen LogP contribution in [0.2, 0.25) is 0 Å². The van der Waals surface area contributed by atoms with E-state index >= 15 is 0 Å². The SMILES string of the molecule is CCOC(=O)c1ccc(NC(=O)NCc2cn[nH]n2)cc1. The fourth-order valence-electron chi connectivity index (χ4n) is 1.56. The van der Waals surface area contributed by atoms with E-state index in [-0.39, 0.29) is 18.5 Å². The molecule has 0 unspecified atom stereocenters. The van der Waals surface area contributed by atoms with Crippen molar-refractivity contribution < 1.29 is 14.3 Å². The molecule has 8 heteroatoms. The van der Waals surface area contributed by atoms with Gasteiger partial charge >= 0.3 is 12.0 Å². The molecule has 0 bridgehead atoms. The molecule has 8 nitrogen and oxygen atoms in total. The van der Waals surface area contributed by atoms with Gasteiger partial charge in [-0.25, -0.2) is 9.59 Å². The molecule has 0 spiro atoms. The van der Waals surface area contributed by atoms with E-state index in [1.165, 1.54) is 6.20 Å². The lowest BCUT2D eigenvalue weighted by Crippen LogP contribution is -2.28. The summed E-state index contributed by atoms with van der Waals surface area (Å²) in [6, 6.07) is 6.06. The molecule has 0 aliphatic heterocycles. The van der Waals surface area contributed by atoms with Gasteiger partial charge in [-0.05, 0) is 31.2 Å². The molecule has 2 aromatic rings. The maximum atomic E-state index is 11.7. The first-order valence-corrected chi connectivity index (χ1v) is 6.35. The van der Waals surface area contributed by atoms with Crippen molar-refractivity contribution in [3.05, 3.63) is 41.7 Å². The van der Waals surface area contributed by atoms with Crippen LogP contribution < -0.4 is 10.6 Å². The van der Waals surface area contributed by atoms with E-state index in [1.54, 1.807) is 31.2 Å². The van der Waals surface area contributed by atoms with Gasteiger partial charge in [0.05, 0.1) is 24.9 Å². The highest BCUT2D eigenvalue weighted by molar-refractivity contribution is 5.92. The summed E-state index contributed by atoms with van der Waals surface area (Å²) in [5.74, 6) is -0.389. The maximum absolute atomic E-state index is 11.7. The molecule has 3 N–H and O–H groups in total. The van der Waals surface area contributed by atoms with Gasteiger partial charge in [0.1, 0.15) is 5.69 Å². The number of hydrogen-bond donors (Lipinski definition) is 3. The highest BCUT2D eigenvalue weighted by Gasteiger charge is 2.07. The summed E-state index contributed by atoms with van der Waals surface area (Å²) in [7, 11) is 0. The van der Waals surface area contributed by atoms with Crippen molar-refractivity contribution in [3.8, 4) is 0 Å². The molecule has 0 aliphatic rings. The summed E-state index contributed by atoms with van der Waals surface area (Å²) in [6.07, 6.45) is 1.52. The van der Waals surface area contributed by atoms with Crippen LogP contribution >= 0.6 is 0 Å². The molecule has 21 heavy (non-hydrogen) atoms. The molecule has 1 aromatic carbocycles. The molecule has 1 aromatic heterocycles. The van der Waals surface area contributed by atoms with E-state index in [1.807, 2.05) is 0 Å². The molecular formula is C13H15N5O3. The Hall–Kier alpha value is -2.90. The van der Waals surface area contributed by atoms with Gasteiger partial charge in [0.2, 0.25) is 0 Å². The smallest absolute Gasteiger partial charge is 0.338 e. The highest BCUT2D eigenvalue weighted by Crippen LogP contribution is 2.10. The Morgan fingerprint density at radius 2 is 2.05 bits per heavy atom. The third kappa shape index (κ3) is 4.30. The Kier molecular flexibility index (Phi) is 4.86. The highest BCUT2D eigenvalue weighted by atomic mass is 16.5. The lowest BCUT2D eigenvalue weighted by Gasteiger charge is -2.07. The van der Waals surface area contributed by atoms with Crippen molar-refractivity contribution in [1.29, 1.82) is 0 Å². The van der Waals surface area contributed by atoms with Crippen LogP contribution in [-0.2, 0) is 11.3 Å². The molecule has 1 heterocycles. The van der Waals surface area contributed by atoms with Crippen LogP contribution in [0.25, 0.3) is 0 Å². The Bertz CT molecular complexity index is 595. The second-order valence-corrected chi connectivity index (χ2v) is 4.07. The van der Waals surface area contributed by atoms with E-state index in [4.69, 9.17) is 4.74 Å². The number of nitrogens with one attached hydrogen (secondary N) is 3. The van der Waals surface area contributed by atoms with Crippen LogP contribution in [0.5, 0.6) is 0 Å². The molecule has 0 saturated carbocycles. The normalized spacial score (nSPS) is 9.95. The molecule has 0 saturated heterocycles. The molecule has 0 radical (unpaired) electrons. The Morgan fingerprint density at radius 3 is 2.67 bits per heavy atom. The monoisotopic (exact) mass is 289 g/mol. The van der Waals surface area contributed by atoms with E-state index < -0.39 is 0 Å². The topological polar surface area (TPSA) is 109 Å². The molecule has 0 aliphatic carbocycles. The van der Waals surface area contributed by atoms with E-state index in [0.29, 0.717) is 23.6 Å². The van der Waals surface area contributed by atoms with E-state index in [0.717, 1.165) is 0 Å². The zero-order chi connectivity index (χ0) is 15.1. The van der Waals surface area contributed by atoms with Crippen LogP contribution in [0.3, 0.4) is 0 Å². The fourth-order valence-corrected chi connectivity index (χ4v) is 1.56. The predicted molar refractivity (Wildman–Crippen MR) is 74.6 cm³/mol. The van der Waals surface area contributed by atoms with Crippen molar-refractivity contribution in [2.45, 2.75) is 13.5 Å². The van der Waals surface area contributed by atoms with Gasteiger partial charge in [-0.3, -0.25) is 0 Å². The van der Waals surface area contributed by atoms with Gasteiger partial charge < -0.3 is 15.4 Å². The van der Waals surface area contributed by atoms with Crippen LogP contribution in [0, 0.1) is 0 Å². The maximum Gasteiger partial charge on any atom is 0.338 e. The number of benzene rings is 1. The quantitative estimate of drug-likeness (QED) is 0.719. The summed E-state index contributed by atoms with van der Waals surface area (Å²) in [5, 5.41) is 15.2. The van der Waals surface area contributed by atoms with E-state index in [2.05, 4.69) is 26.0 Å². The predicted octanol–water partition coefficient (Wildman–Crippen LogP) is 1.30. The molecule has 0 fully saturated rings. The number of rotatable bonds is 5. The number of H-pyrrole nitrogens is 1. The second kappa shape index (κ2) is 7.04. The van der Waals surface area contributed by atoms with Crippen molar-refractivity contribution in [2.24, 2.45) is 0 Å². The van der Waals surface area contributed by atoms with Crippen LogP contribution in [0.15, 0.2) is 30.5 Å². The molecular weight excluding hydrogens is 274 g/mol. The lowest BCUT2D eigenvalue weighted by molar-refractivity contribution is 0.0526. The number of carbonyl (C=O) groups excluding carboxylic acids is 2. The summed E-state index contributed by atoms with van der Waals surface area (Å²) in [5.41, 5.74) is 1.63. The zero-order valence-electron chi connectivity index (χ0n) is 11.4. The summed E-state index contributed by atoms with van der Waals surface area (Å²) >= 11 is 0. The second-order valence-electron chi connectivity index (χ2n) is 4.07. The molecule has 2 amide bonds. The first kappa shape index (κ1) is 14.5. The minimum Gasteiger partial charge on any atom is -0.462 e. The minimum absolute atomic E-state index is 0.267. The third-order valence-corrected chi connectivity index (χ3v) is 2.55. The van der Waals surface area contributed by atoms with Gasteiger partial charge in [-0.1, -0.05) is 0 Å². The largest absolute Gasteiger partial charge is 0.462 e. The van der Waals surface area contributed by atoms with Crippen molar-refractivity contribution in [2.75, 3.05) is 11.9 Å². The number of amides is 2. The number of esters is 1. The first-order chi connectivity index (χ1) is 10.2. The van der Waals surface area contributed by atoms with Gasteiger partial charge in [-0.15, -0.1) is 0 Å². The number of hydrogen-bond acceptors (Lipinski definition) is 5. The van der Waals surface area contributed by atoms with Crippen molar-refractivity contribution in [1.82, 2.24) is 20.7 Å². The summed E-state index contributed by atoms with van der Waals surface area (Å²) in [4.78, 5) is 23.1. The number of carbonyl (C=O) groups is 2. The van der Waals surface area contributed by atoms with Gasteiger partial charge in [0.15, 0.2) is 0 Å². The summed E-state index contributed by atoms with van der Waals surface area (Å²) < 4.78 is 4.87. The lowest BCUT2D eigenvalue weighted by atomic mass is 10.2. The number of aromatic amines is 1. The first-order valence-electron chi connectivity index (χ1n) is 6.35. The van der Waals surface area contributed by atoms with Gasteiger partial charge in [0.25, 0.3) is 0 Å². The van der Waals surface area contributed by atoms with Gasteiger partial charge in [0, 0.05) is 5.69 Å². The summed E-state index contributed by atoms with van der Waals surface area (Å²) in [6.45, 7) is 2.33. The van der Waals surface area contributed by atoms with Crippen molar-refractivity contribution in [3.63, 3.8) is 0 Å². The third-order valence-electron chi connectivity index (χ3n) is 2.55. The van der Waals surface area contributed by atoms with Gasteiger partial charge in [-0.2, -0.15) is 15.4 Å². The van der Waals surface area contributed by atoms with Crippen LogP contribution in [0.1, 0.15) is 23.0 Å². The molecule has 0 atom stereocenters. The standard InChI is InChI=1S/C13H15N5O3/c1-2-21-12(19)9-3-5-10(6-4-9)16-13(20)14-7-11-8-15-18-17-11/h3-6,8H,2,7H2,1H3,(H2,14,16,20)(H,15,17,18). The average Bonchev–Trinajstić information content (AvgIpc) is 2.99. The number of urea groups is 1. The van der Waals surface area contributed by atoms with Crippen LogP contribution in [0.4, 0.5) is 10.5 Å². The number of anilines is 1. The number of aromatic nitrogens is 3. The number of ether oxygens (including phenoxy) is 1. The van der Waals surface area contributed by atoms with Crippen molar-refractivity contribution >= 4 is 17.7 Å². The number of nitrogens with zero attached hydrogens (tertiary/aromatic N) is 2. The Labute approximate surface area is 120 Å². The van der Waals surface area contributed by atoms with E-state index in [9.17, 15) is 9.59 Å². The van der Waals surface area contributed by atoms with Crippen LogP contribution in [-0.4, -0.2) is 34.0 Å². The minimum atomic E-state index is -0.389. The Morgan fingerprint density at radius 1 is 1.29 bits per heavy atom.